The van der Waals surface area contributed by atoms with E-state index in [4.69, 9.17) is 16.7 Å². The van der Waals surface area contributed by atoms with Gasteiger partial charge in [-0.05, 0) is 31.0 Å². The third-order valence-corrected chi connectivity index (χ3v) is 5.76. The SMILES string of the molecule is O=C(O)C1CCCN(S(=O)(=O)c2ccc(Cl)cc2C(F)(F)F)C1. The molecule has 1 atom stereocenters. The number of rotatable bonds is 3. The number of hydrogen-bond acceptors (Lipinski definition) is 3. The number of benzene rings is 1. The molecule has 2 rings (SSSR count). The molecule has 1 aliphatic rings. The van der Waals surface area contributed by atoms with Gasteiger partial charge < -0.3 is 5.11 Å². The van der Waals surface area contributed by atoms with Gasteiger partial charge in [-0.25, -0.2) is 8.42 Å². The normalized spacial score (nSPS) is 20.4. The third kappa shape index (κ3) is 3.78. The Labute approximate surface area is 135 Å². The molecule has 1 saturated heterocycles. The van der Waals surface area contributed by atoms with Crippen LogP contribution in [-0.2, 0) is 21.0 Å². The number of nitrogens with zero attached hydrogens (tertiary/aromatic N) is 1. The smallest absolute Gasteiger partial charge is 0.417 e. The maximum atomic E-state index is 13.1. The molecule has 128 valence electrons. The third-order valence-electron chi connectivity index (χ3n) is 3.60. The van der Waals surface area contributed by atoms with Crippen LogP contribution in [0.1, 0.15) is 18.4 Å². The predicted molar refractivity (Wildman–Crippen MR) is 75.6 cm³/mol. The van der Waals surface area contributed by atoms with E-state index in [1.165, 1.54) is 0 Å². The number of alkyl halides is 3. The topological polar surface area (TPSA) is 74.7 Å². The number of halogens is 4. The van der Waals surface area contributed by atoms with Crippen LogP contribution in [0.2, 0.25) is 5.02 Å². The number of carboxylic acid groups (broad SMARTS) is 1. The van der Waals surface area contributed by atoms with Gasteiger partial charge in [-0.1, -0.05) is 11.6 Å². The Morgan fingerprint density at radius 2 is 2.00 bits per heavy atom. The molecule has 10 heteroatoms. The second-order valence-corrected chi connectivity index (χ2v) is 7.52. The van der Waals surface area contributed by atoms with E-state index in [0.29, 0.717) is 6.07 Å². The molecule has 1 aromatic carbocycles. The standard InChI is InChI=1S/C13H13ClF3NO4S/c14-9-3-4-11(10(6-9)13(15,16)17)23(21,22)18-5-1-2-8(7-18)12(19)20/h3-4,6,8H,1-2,5,7H2,(H,19,20). The summed E-state index contributed by atoms with van der Waals surface area (Å²) >= 11 is 5.54. The Balaban J connectivity index is 2.46. The molecule has 1 fully saturated rings. The maximum absolute atomic E-state index is 13.1. The maximum Gasteiger partial charge on any atom is 0.417 e. The fourth-order valence-electron chi connectivity index (χ4n) is 2.45. The zero-order valence-corrected chi connectivity index (χ0v) is 13.2. The molecular formula is C13H13ClF3NO4S. The van der Waals surface area contributed by atoms with Gasteiger partial charge in [-0.15, -0.1) is 0 Å². The lowest BCUT2D eigenvalue weighted by atomic mass is 10.0. The van der Waals surface area contributed by atoms with E-state index in [1.807, 2.05) is 0 Å². The molecule has 0 aromatic heterocycles. The minimum atomic E-state index is -4.89. The molecule has 0 bridgehead atoms. The van der Waals surface area contributed by atoms with Crippen molar-refractivity contribution < 1.29 is 31.5 Å². The lowest BCUT2D eigenvalue weighted by Crippen LogP contribution is -2.42. The monoisotopic (exact) mass is 371 g/mol. The first kappa shape index (κ1) is 18.0. The summed E-state index contributed by atoms with van der Waals surface area (Å²) in [5, 5.41) is 8.76. The molecule has 0 aliphatic carbocycles. The molecule has 1 aromatic rings. The largest absolute Gasteiger partial charge is 0.481 e. The van der Waals surface area contributed by atoms with Crippen molar-refractivity contribution in [2.75, 3.05) is 13.1 Å². The van der Waals surface area contributed by atoms with Crippen molar-refractivity contribution in [3.05, 3.63) is 28.8 Å². The molecule has 1 heterocycles. The van der Waals surface area contributed by atoms with Gasteiger partial charge in [0.05, 0.1) is 16.4 Å². The first-order valence-corrected chi connectivity index (χ1v) is 8.45. The molecule has 0 radical (unpaired) electrons. The van der Waals surface area contributed by atoms with E-state index in [2.05, 4.69) is 0 Å². The van der Waals surface area contributed by atoms with Crippen molar-refractivity contribution in [2.45, 2.75) is 23.9 Å². The Morgan fingerprint density at radius 1 is 1.35 bits per heavy atom. The number of carbonyl (C=O) groups is 1. The van der Waals surface area contributed by atoms with Crippen molar-refractivity contribution in [1.82, 2.24) is 4.31 Å². The first-order chi connectivity index (χ1) is 10.5. The molecule has 0 saturated carbocycles. The number of hydrogen-bond donors (Lipinski definition) is 1. The summed E-state index contributed by atoms with van der Waals surface area (Å²) in [4.78, 5) is 10.1. The van der Waals surface area contributed by atoms with Crippen LogP contribution < -0.4 is 0 Å². The van der Waals surface area contributed by atoms with E-state index < -0.39 is 38.5 Å². The summed E-state index contributed by atoms with van der Waals surface area (Å²) in [5.41, 5.74) is -1.36. The summed E-state index contributed by atoms with van der Waals surface area (Å²) in [5.74, 6) is -2.10. The van der Waals surface area contributed by atoms with Gasteiger partial charge >= 0.3 is 12.1 Å². The predicted octanol–water partition coefficient (Wildman–Crippen LogP) is 2.84. The molecular weight excluding hydrogens is 359 g/mol. The molecule has 0 amide bonds. The van der Waals surface area contributed by atoms with E-state index >= 15 is 0 Å². The molecule has 1 unspecified atom stereocenters. The van der Waals surface area contributed by atoms with Crippen LogP contribution in [0.15, 0.2) is 23.1 Å². The molecule has 23 heavy (non-hydrogen) atoms. The van der Waals surface area contributed by atoms with E-state index in [0.717, 1.165) is 16.4 Å². The van der Waals surface area contributed by atoms with E-state index in [9.17, 15) is 26.4 Å². The highest BCUT2D eigenvalue weighted by atomic mass is 35.5. The fourth-order valence-corrected chi connectivity index (χ4v) is 4.34. The minimum Gasteiger partial charge on any atom is -0.481 e. The lowest BCUT2D eigenvalue weighted by Gasteiger charge is -2.30. The number of carboxylic acids is 1. The van der Waals surface area contributed by atoms with Crippen LogP contribution in [0.3, 0.4) is 0 Å². The quantitative estimate of drug-likeness (QED) is 0.886. The summed E-state index contributed by atoms with van der Waals surface area (Å²) in [6.45, 7) is -0.371. The Kier molecular flexibility index (Phi) is 4.93. The number of piperidine rings is 1. The Morgan fingerprint density at radius 3 is 2.57 bits per heavy atom. The van der Waals surface area contributed by atoms with Gasteiger partial charge in [0.25, 0.3) is 0 Å². The Bertz CT molecular complexity index is 720. The van der Waals surface area contributed by atoms with Crippen molar-refractivity contribution in [1.29, 1.82) is 0 Å². The van der Waals surface area contributed by atoms with Crippen molar-refractivity contribution in [3.63, 3.8) is 0 Å². The zero-order valence-electron chi connectivity index (χ0n) is 11.7. The van der Waals surface area contributed by atoms with Crippen molar-refractivity contribution in [3.8, 4) is 0 Å². The van der Waals surface area contributed by atoms with Crippen LogP contribution >= 0.6 is 11.6 Å². The second-order valence-electron chi connectivity index (χ2n) is 5.18. The highest BCUT2D eigenvalue weighted by Crippen LogP contribution is 2.37. The molecule has 5 nitrogen and oxygen atoms in total. The van der Waals surface area contributed by atoms with Gasteiger partial charge in [0.1, 0.15) is 0 Å². The van der Waals surface area contributed by atoms with Crippen LogP contribution in [0.5, 0.6) is 0 Å². The molecule has 1 aliphatic heterocycles. The van der Waals surface area contributed by atoms with Gasteiger partial charge in [-0.2, -0.15) is 17.5 Å². The summed E-state index contributed by atoms with van der Waals surface area (Å²) in [6.07, 6.45) is -4.34. The summed E-state index contributed by atoms with van der Waals surface area (Å²) in [6, 6.07) is 2.40. The molecule has 1 N–H and O–H groups in total. The highest BCUT2D eigenvalue weighted by Gasteiger charge is 2.41. The summed E-state index contributed by atoms with van der Waals surface area (Å²) in [7, 11) is -4.47. The van der Waals surface area contributed by atoms with Gasteiger partial charge in [0.15, 0.2) is 0 Å². The van der Waals surface area contributed by atoms with Gasteiger partial charge in [-0.3, -0.25) is 4.79 Å². The van der Waals surface area contributed by atoms with E-state index in [1.54, 1.807) is 0 Å². The van der Waals surface area contributed by atoms with Crippen LogP contribution in [0.25, 0.3) is 0 Å². The zero-order chi connectivity index (χ0) is 17.4. The first-order valence-electron chi connectivity index (χ1n) is 6.63. The van der Waals surface area contributed by atoms with E-state index in [-0.39, 0.29) is 31.0 Å². The number of aliphatic carboxylic acids is 1. The molecule has 0 spiro atoms. The summed E-state index contributed by atoms with van der Waals surface area (Å²) < 4.78 is 65.1. The van der Waals surface area contributed by atoms with Crippen LogP contribution in [0, 0.1) is 5.92 Å². The van der Waals surface area contributed by atoms with Gasteiger partial charge in [0.2, 0.25) is 10.0 Å². The lowest BCUT2D eigenvalue weighted by molar-refractivity contribution is -0.143. The average molecular weight is 372 g/mol. The van der Waals surface area contributed by atoms with Crippen LogP contribution in [-0.4, -0.2) is 36.9 Å². The highest BCUT2D eigenvalue weighted by molar-refractivity contribution is 7.89. The Hall–Kier alpha value is -1.32. The minimum absolute atomic E-state index is 0.0218. The number of sulfonamides is 1. The van der Waals surface area contributed by atoms with Crippen molar-refractivity contribution >= 4 is 27.6 Å². The van der Waals surface area contributed by atoms with Crippen molar-refractivity contribution in [2.24, 2.45) is 5.92 Å². The van der Waals surface area contributed by atoms with Crippen LogP contribution in [0.4, 0.5) is 13.2 Å². The average Bonchev–Trinajstić information content (AvgIpc) is 2.46. The van der Waals surface area contributed by atoms with Gasteiger partial charge in [0, 0.05) is 18.1 Å². The fraction of sp³-hybridized carbons (Fsp3) is 0.462. The second kappa shape index (κ2) is 6.29.